The number of carbonyl (C=O) groups excluding carboxylic acids is 1. The molecule has 0 spiro atoms. The second-order valence-electron chi connectivity index (χ2n) is 7.42. The molecule has 0 N–H and O–H groups in total. The fourth-order valence-corrected chi connectivity index (χ4v) is 4.51. The van der Waals surface area contributed by atoms with Crippen LogP contribution in [0.4, 0.5) is 4.39 Å². The highest BCUT2D eigenvalue weighted by Gasteiger charge is 2.35. The number of likely N-dealkylation sites (tertiary alicyclic amines) is 1. The molecule has 2 aliphatic rings. The number of piperidine rings is 1. The molecule has 1 saturated heterocycles. The van der Waals surface area contributed by atoms with E-state index in [-0.39, 0.29) is 23.2 Å². The van der Waals surface area contributed by atoms with Gasteiger partial charge in [-0.15, -0.1) is 0 Å². The van der Waals surface area contributed by atoms with Crippen LogP contribution in [0.3, 0.4) is 0 Å². The second-order valence-corrected chi connectivity index (χ2v) is 7.83. The van der Waals surface area contributed by atoms with E-state index in [1.807, 2.05) is 15.5 Å². The fraction of sp³-hybridized carbons (Fsp3) is 0.400. The Labute approximate surface area is 156 Å². The van der Waals surface area contributed by atoms with Crippen LogP contribution >= 0.6 is 11.6 Å². The lowest BCUT2D eigenvalue weighted by Crippen LogP contribution is -2.48. The van der Waals surface area contributed by atoms with Gasteiger partial charge in [0.05, 0.1) is 5.02 Å². The Balaban J connectivity index is 1.82. The molecule has 26 heavy (non-hydrogen) atoms. The molecule has 4 rings (SSSR count). The van der Waals surface area contributed by atoms with E-state index in [1.165, 1.54) is 6.07 Å². The third kappa shape index (κ3) is 2.84. The van der Waals surface area contributed by atoms with Crippen LogP contribution in [-0.4, -0.2) is 28.5 Å². The summed E-state index contributed by atoms with van der Waals surface area (Å²) in [7, 11) is 0. The standard InChI is InChI=1S/C20H20ClFN2O2/c1-11-3-16(17(21)7-18(11)22)14-5-19-15-4-13(8-23(10-15)12(2)25)9-24(19)20(26)6-14/h3,5-7,13,15H,4,8-10H2,1-2H3/t13-,15+/m0/s1. The number of amides is 1. The third-order valence-corrected chi connectivity index (χ3v) is 5.87. The zero-order valence-corrected chi connectivity index (χ0v) is 15.5. The van der Waals surface area contributed by atoms with Gasteiger partial charge in [0.1, 0.15) is 5.82 Å². The largest absolute Gasteiger partial charge is 0.342 e. The van der Waals surface area contributed by atoms with Gasteiger partial charge < -0.3 is 9.47 Å². The van der Waals surface area contributed by atoms with Crippen LogP contribution in [0.15, 0.2) is 29.1 Å². The predicted molar refractivity (Wildman–Crippen MR) is 98.9 cm³/mol. The number of pyridine rings is 1. The van der Waals surface area contributed by atoms with Crippen molar-refractivity contribution in [2.45, 2.75) is 32.7 Å². The molecule has 0 aliphatic carbocycles. The van der Waals surface area contributed by atoms with Crippen molar-refractivity contribution in [1.82, 2.24) is 9.47 Å². The number of nitrogens with zero attached hydrogens (tertiary/aromatic N) is 2. The summed E-state index contributed by atoms with van der Waals surface area (Å²) < 4.78 is 15.5. The van der Waals surface area contributed by atoms with Crippen LogP contribution in [-0.2, 0) is 11.3 Å². The van der Waals surface area contributed by atoms with Gasteiger partial charge in [-0.05, 0) is 48.6 Å². The van der Waals surface area contributed by atoms with Crippen molar-refractivity contribution in [1.29, 1.82) is 0 Å². The molecule has 0 saturated carbocycles. The Morgan fingerprint density at radius 2 is 1.96 bits per heavy atom. The monoisotopic (exact) mass is 374 g/mol. The molecule has 2 bridgehead atoms. The van der Waals surface area contributed by atoms with Gasteiger partial charge in [-0.3, -0.25) is 9.59 Å². The minimum Gasteiger partial charge on any atom is -0.342 e. The number of carbonyl (C=O) groups is 1. The molecule has 1 aromatic heterocycles. The molecule has 2 aromatic rings. The van der Waals surface area contributed by atoms with E-state index in [0.29, 0.717) is 47.3 Å². The van der Waals surface area contributed by atoms with Crippen molar-refractivity contribution >= 4 is 17.5 Å². The first kappa shape index (κ1) is 17.3. The van der Waals surface area contributed by atoms with E-state index in [4.69, 9.17) is 11.6 Å². The minimum absolute atomic E-state index is 0.0680. The summed E-state index contributed by atoms with van der Waals surface area (Å²) in [6, 6.07) is 6.52. The van der Waals surface area contributed by atoms with Gasteiger partial charge in [-0.1, -0.05) is 11.6 Å². The zero-order chi connectivity index (χ0) is 18.6. The average Bonchev–Trinajstić information content (AvgIpc) is 2.58. The minimum atomic E-state index is -0.361. The summed E-state index contributed by atoms with van der Waals surface area (Å²) in [5, 5.41) is 0.292. The van der Waals surface area contributed by atoms with Gasteiger partial charge in [-0.25, -0.2) is 4.39 Å². The molecule has 1 fully saturated rings. The molecule has 2 aliphatic heterocycles. The molecule has 2 atom stereocenters. The maximum atomic E-state index is 13.7. The smallest absolute Gasteiger partial charge is 0.251 e. The first-order valence-corrected chi connectivity index (χ1v) is 9.17. The Hall–Kier alpha value is -2.14. The quantitative estimate of drug-likeness (QED) is 0.765. The van der Waals surface area contributed by atoms with E-state index in [9.17, 15) is 14.0 Å². The number of hydrogen-bond donors (Lipinski definition) is 0. The normalized spacial score (nSPS) is 21.5. The van der Waals surface area contributed by atoms with Crippen molar-refractivity contribution in [3.8, 4) is 11.1 Å². The Bertz CT molecular complexity index is 969. The molecule has 1 aromatic carbocycles. The van der Waals surface area contributed by atoms with Gasteiger partial charge in [0.25, 0.3) is 5.56 Å². The summed E-state index contributed by atoms with van der Waals surface area (Å²) >= 11 is 6.24. The van der Waals surface area contributed by atoms with Crippen LogP contribution in [0, 0.1) is 18.7 Å². The molecule has 0 radical (unpaired) electrons. The number of aromatic nitrogens is 1. The highest BCUT2D eigenvalue weighted by atomic mass is 35.5. The number of benzene rings is 1. The number of aryl methyl sites for hydroxylation is 1. The van der Waals surface area contributed by atoms with Gasteiger partial charge >= 0.3 is 0 Å². The van der Waals surface area contributed by atoms with Crippen molar-refractivity contribution in [2.24, 2.45) is 5.92 Å². The topological polar surface area (TPSA) is 42.3 Å². The van der Waals surface area contributed by atoms with E-state index in [1.54, 1.807) is 26.0 Å². The zero-order valence-electron chi connectivity index (χ0n) is 14.8. The molecule has 0 unspecified atom stereocenters. The van der Waals surface area contributed by atoms with Crippen LogP contribution in [0.5, 0.6) is 0 Å². The maximum Gasteiger partial charge on any atom is 0.251 e. The van der Waals surface area contributed by atoms with Crippen LogP contribution in [0.2, 0.25) is 5.02 Å². The van der Waals surface area contributed by atoms with Gasteiger partial charge in [0.15, 0.2) is 0 Å². The highest BCUT2D eigenvalue weighted by Crippen LogP contribution is 2.38. The lowest BCUT2D eigenvalue weighted by Gasteiger charge is -2.42. The molecule has 6 heteroatoms. The lowest BCUT2D eigenvalue weighted by molar-refractivity contribution is -0.131. The van der Waals surface area contributed by atoms with Gasteiger partial charge in [0.2, 0.25) is 5.91 Å². The maximum absolute atomic E-state index is 13.7. The van der Waals surface area contributed by atoms with Crippen LogP contribution < -0.4 is 5.56 Å². The van der Waals surface area contributed by atoms with E-state index >= 15 is 0 Å². The van der Waals surface area contributed by atoms with Crippen molar-refractivity contribution in [3.63, 3.8) is 0 Å². The first-order chi connectivity index (χ1) is 12.3. The van der Waals surface area contributed by atoms with E-state index in [0.717, 1.165) is 12.1 Å². The predicted octanol–water partition coefficient (Wildman–Crippen LogP) is 3.58. The second kappa shape index (κ2) is 6.23. The van der Waals surface area contributed by atoms with E-state index in [2.05, 4.69) is 0 Å². The van der Waals surface area contributed by atoms with Crippen molar-refractivity contribution in [3.05, 3.63) is 56.7 Å². The van der Waals surface area contributed by atoms with Crippen LogP contribution in [0.1, 0.15) is 30.5 Å². The van der Waals surface area contributed by atoms with Gasteiger partial charge in [-0.2, -0.15) is 0 Å². The lowest BCUT2D eigenvalue weighted by atomic mass is 9.82. The first-order valence-electron chi connectivity index (χ1n) is 8.80. The SMILES string of the molecule is CC(=O)N1C[C@@H]2C[C@H](C1)c1cc(-c3cc(C)c(F)cc3Cl)cc(=O)n1C2. The summed E-state index contributed by atoms with van der Waals surface area (Å²) in [6.07, 6.45) is 0.975. The molecule has 1 amide bonds. The number of halogens is 2. The molecule has 3 heterocycles. The average molecular weight is 375 g/mol. The molecule has 136 valence electrons. The Kier molecular flexibility index (Phi) is 4.14. The third-order valence-electron chi connectivity index (χ3n) is 5.56. The number of rotatable bonds is 1. The van der Waals surface area contributed by atoms with E-state index < -0.39 is 0 Å². The van der Waals surface area contributed by atoms with Crippen molar-refractivity contribution in [2.75, 3.05) is 13.1 Å². The summed E-state index contributed by atoms with van der Waals surface area (Å²) in [5.41, 5.74) is 2.72. The Morgan fingerprint density at radius 1 is 1.19 bits per heavy atom. The molecule has 4 nitrogen and oxygen atoms in total. The molecular formula is C20H20ClFN2O2. The summed E-state index contributed by atoms with van der Waals surface area (Å²) in [6.45, 7) is 5.24. The van der Waals surface area contributed by atoms with Crippen LogP contribution in [0.25, 0.3) is 11.1 Å². The highest BCUT2D eigenvalue weighted by molar-refractivity contribution is 6.33. The molecular weight excluding hydrogens is 355 g/mol. The van der Waals surface area contributed by atoms with Gasteiger partial charge in [0, 0.05) is 49.8 Å². The summed E-state index contributed by atoms with van der Waals surface area (Å²) in [5.74, 6) is 0.161. The summed E-state index contributed by atoms with van der Waals surface area (Å²) in [4.78, 5) is 26.4. The Morgan fingerprint density at radius 3 is 2.69 bits per heavy atom. The van der Waals surface area contributed by atoms with Crippen molar-refractivity contribution < 1.29 is 9.18 Å². The number of hydrogen-bond acceptors (Lipinski definition) is 2. The fourth-order valence-electron chi connectivity index (χ4n) is 4.25. The number of fused-ring (bicyclic) bond motifs is 4.